The van der Waals surface area contributed by atoms with Crippen molar-refractivity contribution in [1.29, 1.82) is 0 Å². The van der Waals surface area contributed by atoms with Crippen LogP contribution in [0.5, 0.6) is 0 Å². The van der Waals surface area contributed by atoms with Gasteiger partial charge in [-0.2, -0.15) is 0 Å². The van der Waals surface area contributed by atoms with E-state index in [0.29, 0.717) is 13.0 Å². The van der Waals surface area contributed by atoms with Gasteiger partial charge in [-0.15, -0.1) is 0 Å². The maximum Gasteiger partial charge on any atom is 0.305 e. The topological polar surface area (TPSA) is 26.3 Å². The predicted octanol–water partition coefficient (Wildman–Crippen LogP) is 2.52. The van der Waals surface area contributed by atoms with Crippen LogP contribution >= 0.6 is 0 Å². The van der Waals surface area contributed by atoms with Gasteiger partial charge in [-0.25, -0.2) is 0 Å². The molecule has 0 saturated heterocycles. The van der Waals surface area contributed by atoms with Crippen LogP contribution in [0.3, 0.4) is 0 Å². The third-order valence-corrected chi connectivity index (χ3v) is 2.54. The normalized spacial score (nSPS) is 18.1. The van der Waals surface area contributed by atoms with E-state index in [0.717, 1.165) is 12.3 Å². The summed E-state index contributed by atoms with van der Waals surface area (Å²) in [6, 6.07) is 0. The molecule has 1 aliphatic rings. The van der Waals surface area contributed by atoms with E-state index in [9.17, 15) is 4.79 Å². The molecule has 1 rings (SSSR count). The lowest BCUT2D eigenvalue weighted by Gasteiger charge is -2.07. The lowest BCUT2D eigenvalue weighted by atomic mass is 10.0. The molecule has 0 aromatic carbocycles. The van der Waals surface area contributed by atoms with Crippen molar-refractivity contribution in [3.63, 3.8) is 0 Å². The zero-order valence-electron chi connectivity index (χ0n) is 7.84. The monoisotopic (exact) mass is 170 g/mol. The Labute approximate surface area is 74.3 Å². The van der Waals surface area contributed by atoms with E-state index in [4.69, 9.17) is 4.74 Å². The van der Waals surface area contributed by atoms with Crippen LogP contribution in [-0.2, 0) is 9.53 Å². The molecule has 0 aromatic heterocycles. The molecule has 12 heavy (non-hydrogen) atoms. The van der Waals surface area contributed by atoms with Gasteiger partial charge in [0.25, 0.3) is 0 Å². The molecular weight excluding hydrogens is 152 g/mol. The average molecular weight is 170 g/mol. The molecule has 2 heteroatoms. The van der Waals surface area contributed by atoms with Gasteiger partial charge < -0.3 is 4.74 Å². The van der Waals surface area contributed by atoms with Crippen molar-refractivity contribution < 1.29 is 9.53 Å². The maximum atomic E-state index is 11.0. The highest BCUT2D eigenvalue weighted by atomic mass is 16.5. The predicted molar refractivity (Wildman–Crippen MR) is 47.8 cm³/mol. The smallest absolute Gasteiger partial charge is 0.305 e. The van der Waals surface area contributed by atoms with Crippen LogP contribution in [0, 0.1) is 5.92 Å². The molecule has 0 spiro atoms. The molecule has 0 bridgehead atoms. The van der Waals surface area contributed by atoms with E-state index in [1.807, 2.05) is 6.92 Å². The molecule has 0 amide bonds. The summed E-state index contributed by atoms with van der Waals surface area (Å²) in [4.78, 5) is 11.0. The highest BCUT2D eigenvalue weighted by molar-refractivity contribution is 5.69. The molecule has 0 heterocycles. The highest BCUT2D eigenvalue weighted by Crippen LogP contribution is 2.28. The summed E-state index contributed by atoms with van der Waals surface area (Å²) >= 11 is 0. The van der Waals surface area contributed by atoms with Crippen LogP contribution in [0.15, 0.2) is 0 Å². The molecule has 0 radical (unpaired) electrons. The van der Waals surface area contributed by atoms with Gasteiger partial charge in [0.05, 0.1) is 6.61 Å². The molecule has 70 valence electrons. The fraction of sp³-hybridized carbons (Fsp3) is 0.900. The van der Waals surface area contributed by atoms with Crippen molar-refractivity contribution in [2.45, 2.75) is 45.4 Å². The van der Waals surface area contributed by atoms with Crippen LogP contribution in [0.1, 0.15) is 45.4 Å². The lowest BCUT2D eigenvalue weighted by Crippen LogP contribution is -2.06. The number of ether oxygens (including phenoxy) is 1. The number of rotatable bonds is 4. The second-order valence-corrected chi connectivity index (χ2v) is 3.49. The van der Waals surface area contributed by atoms with E-state index in [2.05, 4.69) is 0 Å². The number of hydrogen-bond donors (Lipinski definition) is 0. The Morgan fingerprint density at radius 2 is 2.08 bits per heavy atom. The van der Waals surface area contributed by atoms with Crippen LogP contribution in [0.4, 0.5) is 0 Å². The zero-order chi connectivity index (χ0) is 8.81. The minimum atomic E-state index is -0.0237. The van der Waals surface area contributed by atoms with Gasteiger partial charge in [0.1, 0.15) is 0 Å². The molecule has 1 aliphatic carbocycles. The average Bonchev–Trinajstić information content (AvgIpc) is 2.53. The molecule has 0 unspecified atom stereocenters. The number of hydrogen-bond acceptors (Lipinski definition) is 2. The largest absolute Gasteiger partial charge is 0.466 e. The zero-order valence-corrected chi connectivity index (χ0v) is 7.84. The van der Waals surface area contributed by atoms with Crippen molar-refractivity contribution in [3.05, 3.63) is 0 Å². The summed E-state index contributed by atoms with van der Waals surface area (Å²) in [6.07, 6.45) is 7.01. The second-order valence-electron chi connectivity index (χ2n) is 3.49. The Balaban J connectivity index is 2.03. The second kappa shape index (κ2) is 5.18. The molecule has 2 nitrogen and oxygen atoms in total. The summed E-state index contributed by atoms with van der Waals surface area (Å²) < 4.78 is 4.86. The van der Waals surface area contributed by atoms with Gasteiger partial charge in [0.15, 0.2) is 0 Å². The standard InChI is InChI=1S/C10H18O2/c1-2-12-10(11)8-7-9-5-3-4-6-9/h9H,2-8H2,1H3. The van der Waals surface area contributed by atoms with Gasteiger partial charge in [-0.3, -0.25) is 4.79 Å². The summed E-state index contributed by atoms with van der Waals surface area (Å²) in [5, 5.41) is 0. The van der Waals surface area contributed by atoms with Crippen LogP contribution in [0.2, 0.25) is 0 Å². The highest BCUT2D eigenvalue weighted by Gasteiger charge is 2.16. The van der Waals surface area contributed by atoms with Crippen LogP contribution < -0.4 is 0 Å². The first-order valence-electron chi connectivity index (χ1n) is 4.98. The minimum absolute atomic E-state index is 0.0237. The first-order valence-corrected chi connectivity index (χ1v) is 4.98. The van der Waals surface area contributed by atoms with Gasteiger partial charge >= 0.3 is 5.97 Å². The van der Waals surface area contributed by atoms with E-state index in [1.165, 1.54) is 25.7 Å². The molecular formula is C10H18O2. The Bertz CT molecular complexity index is 137. The summed E-state index contributed by atoms with van der Waals surface area (Å²) in [6.45, 7) is 2.37. The van der Waals surface area contributed by atoms with Gasteiger partial charge in [0, 0.05) is 6.42 Å². The van der Waals surface area contributed by atoms with Crippen molar-refractivity contribution >= 4 is 5.97 Å². The van der Waals surface area contributed by atoms with Crippen molar-refractivity contribution in [2.75, 3.05) is 6.61 Å². The Kier molecular flexibility index (Phi) is 4.12. The summed E-state index contributed by atoms with van der Waals surface area (Å²) in [7, 11) is 0. The van der Waals surface area contributed by atoms with Gasteiger partial charge in [-0.1, -0.05) is 25.7 Å². The Morgan fingerprint density at radius 3 is 2.67 bits per heavy atom. The van der Waals surface area contributed by atoms with Crippen LogP contribution in [0.25, 0.3) is 0 Å². The van der Waals surface area contributed by atoms with Crippen LogP contribution in [-0.4, -0.2) is 12.6 Å². The van der Waals surface area contributed by atoms with E-state index in [1.54, 1.807) is 0 Å². The molecule has 0 N–H and O–H groups in total. The fourth-order valence-electron chi connectivity index (χ4n) is 1.85. The summed E-state index contributed by atoms with van der Waals surface area (Å²) in [5.41, 5.74) is 0. The van der Waals surface area contributed by atoms with Gasteiger partial charge in [0.2, 0.25) is 0 Å². The van der Waals surface area contributed by atoms with E-state index < -0.39 is 0 Å². The maximum absolute atomic E-state index is 11.0. The lowest BCUT2D eigenvalue weighted by molar-refractivity contribution is -0.143. The first kappa shape index (κ1) is 9.56. The molecule has 0 aromatic rings. The molecule has 1 fully saturated rings. The summed E-state index contributed by atoms with van der Waals surface area (Å²) in [5.74, 6) is 0.777. The van der Waals surface area contributed by atoms with Crippen molar-refractivity contribution in [2.24, 2.45) is 5.92 Å². The number of esters is 1. The van der Waals surface area contributed by atoms with Crippen molar-refractivity contribution in [1.82, 2.24) is 0 Å². The molecule has 0 atom stereocenters. The molecule has 1 saturated carbocycles. The first-order chi connectivity index (χ1) is 5.83. The third kappa shape index (κ3) is 3.24. The van der Waals surface area contributed by atoms with E-state index in [-0.39, 0.29) is 5.97 Å². The quantitative estimate of drug-likeness (QED) is 0.606. The Hall–Kier alpha value is -0.530. The minimum Gasteiger partial charge on any atom is -0.466 e. The SMILES string of the molecule is CCOC(=O)CCC1CCCC1. The number of carbonyl (C=O) groups excluding carboxylic acids is 1. The van der Waals surface area contributed by atoms with Crippen molar-refractivity contribution in [3.8, 4) is 0 Å². The number of carbonyl (C=O) groups is 1. The van der Waals surface area contributed by atoms with Gasteiger partial charge in [-0.05, 0) is 19.3 Å². The fourth-order valence-corrected chi connectivity index (χ4v) is 1.85. The third-order valence-electron chi connectivity index (χ3n) is 2.54. The van der Waals surface area contributed by atoms with E-state index >= 15 is 0 Å². The molecule has 0 aliphatic heterocycles. The Morgan fingerprint density at radius 1 is 1.42 bits per heavy atom.